The number of rotatable bonds is 3. The van der Waals surface area contributed by atoms with E-state index in [0.717, 1.165) is 6.07 Å². The number of hydrogen-bond donors (Lipinski definition) is 1. The Labute approximate surface area is 84.3 Å². The maximum atomic E-state index is 13.4. The third-order valence-electron chi connectivity index (χ3n) is 1.94. The summed E-state index contributed by atoms with van der Waals surface area (Å²) in [6.45, 7) is 1.42. The summed E-state index contributed by atoms with van der Waals surface area (Å²) in [6.07, 6.45) is -0.691. The van der Waals surface area contributed by atoms with Crippen molar-refractivity contribution in [2.75, 3.05) is 0 Å². The Morgan fingerprint density at radius 1 is 1.60 bits per heavy atom. The molecule has 1 aromatic rings. The summed E-state index contributed by atoms with van der Waals surface area (Å²) in [4.78, 5) is 20.1. The van der Waals surface area contributed by atoms with Gasteiger partial charge in [0.1, 0.15) is 5.82 Å². The van der Waals surface area contributed by atoms with E-state index in [4.69, 9.17) is 5.11 Å². The predicted molar refractivity (Wildman–Crippen MR) is 49.1 cm³/mol. The van der Waals surface area contributed by atoms with Crippen LogP contribution in [0.1, 0.15) is 11.1 Å². The van der Waals surface area contributed by atoms with Crippen LogP contribution in [0.25, 0.3) is 0 Å². The summed E-state index contributed by atoms with van der Waals surface area (Å²) < 4.78 is 13.4. The molecule has 0 unspecified atom stereocenters. The number of carboxylic acid groups (broad SMARTS) is 1. The first kappa shape index (κ1) is 11.1. The highest BCUT2D eigenvalue weighted by atomic mass is 19.1. The standard InChI is InChI=1S/C9H8FNO4/c1-5-2-3-7(11(14)15)6(9(5)10)4-8(12)13/h2-3H,4H2,1H3,(H,12,13). The van der Waals surface area contributed by atoms with Crippen LogP contribution in [-0.2, 0) is 11.2 Å². The number of aliphatic carboxylic acids is 1. The third-order valence-corrected chi connectivity index (χ3v) is 1.94. The van der Waals surface area contributed by atoms with Crippen molar-refractivity contribution in [1.82, 2.24) is 0 Å². The number of halogens is 1. The van der Waals surface area contributed by atoms with Crippen LogP contribution in [0.2, 0.25) is 0 Å². The number of carboxylic acids is 1. The Balaban J connectivity index is 3.34. The van der Waals surface area contributed by atoms with Crippen molar-refractivity contribution in [3.05, 3.63) is 39.2 Å². The molecule has 0 fully saturated rings. The largest absolute Gasteiger partial charge is 0.481 e. The van der Waals surface area contributed by atoms with Gasteiger partial charge in [0.15, 0.2) is 0 Å². The van der Waals surface area contributed by atoms with E-state index in [1.165, 1.54) is 13.0 Å². The first-order valence-corrected chi connectivity index (χ1v) is 4.07. The summed E-state index contributed by atoms with van der Waals surface area (Å²) in [5, 5.41) is 19.0. The Morgan fingerprint density at radius 3 is 2.67 bits per heavy atom. The van der Waals surface area contributed by atoms with Gasteiger partial charge in [0.05, 0.1) is 16.9 Å². The van der Waals surface area contributed by atoms with E-state index < -0.39 is 28.8 Å². The van der Waals surface area contributed by atoms with Crippen molar-refractivity contribution in [3.63, 3.8) is 0 Å². The molecule has 0 aliphatic carbocycles. The van der Waals surface area contributed by atoms with E-state index in [9.17, 15) is 19.3 Å². The Hall–Kier alpha value is -1.98. The minimum absolute atomic E-state index is 0.192. The number of aryl methyl sites for hydroxylation is 1. The lowest BCUT2D eigenvalue weighted by Crippen LogP contribution is -2.07. The van der Waals surface area contributed by atoms with Crippen molar-refractivity contribution in [1.29, 1.82) is 0 Å². The summed E-state index contributed by atoms with van der Waals surface area (Å²) in [5.74, 6) is -2.13. The minimum atomic E-state index is -1.30. The van der Waals surface area contributed by atoms with Gasteiger partial charge in [-0.05, 0) is 18.6 Å². The fraction of sp³-hybridized carbons (Fsp3) is 0.222. The number of hydrogen-bond acceptors (Lipinski definition) is 3. The molecule has 1 N–H and O–H groups in total. The van der Waals surface area contributed by atoms with Gasteiger partial charge in [-0.1, -0.05) is 0 Å². The van der Waals surface area contributed by atoms with Gasteiger partial charge in [-0.25, -0.2) is 4.39 Å². The van der Waals surface area contributed by atoms with Crippen LogP contribution in [0.5, 0.6) is 0 Å². The quantitative estimate of drug-likeness (QED) is 0.611. The van der Waals surface area contributed by atoms with E-state index >= 15 is 0 Å². The molecule has 1 rings (SSSR count). The second-order valence-corrected chi connectivity index (χ2v) is 3.02. The number of nitro benzene ring substituents is 1. The molecule has 0 aliphatic rings. The van der Waals surface area contributed by atoms with Gasteiger partial charge in [-0.15, -0.1) is 0 Å². The zero-order chi connectivity index (χ0) is 11.6. The fourth-order valence-corrected chi connectivity index (χ4v) is 1.22. The molecule has 0 radical (unpaired) electrons. The molecule has 0 spiro atoms. The lowest BCUT2D eigenvalue weighted by Gasteiger charge is -2.03. The van der Waals surface area contributed by atoms with Gasteiger partial charge in [0.2, 0.25) is 0 Å². The second-order valence-electron chi connectivity index (χ2n) is 3.02. The molecule has 1 aromatic carbocycles. The summed E-state index contributed by atoms with van der Waals surface area (Å²) in [5.41, 5.74) is -0.690. The highest BCUT2D eigenvalue weighted by Gasteiger charge is 2.21. The van der Waals surface area contributed by atoms with Gasteiger partial charge >= 0.3 is 5.97 Å². The Morgan fingerprint density at radius 2 is 2.20 bits per heavy atom. The van der Waals surface area contributed by atoms with Crippen LogP contribution in [-0.4, -0.2) is 16.0 Å². The van der Waals surface area contributed by atoms with Crippen molar-refractivity contribution in [2.24, 2.45) is 0 Å². The Kier molecular flexibility index (Phi) is 2.99. The minimum Gasteiger partial charge on any atom is -0.481 e. The molecule has 0 saturated heterocycles. The number of nitro groups is 1. The van der Waals surface area contributed by atoms with Crippen molar-refractivity contribution in [2.45, 2.75) is 13.3 Å². The molecule has 0 aromatic heterocycles. The van der Waals surface area contributed by atoms with E-state index in [-0.39, 0.29) is 11.1 Å². The van der Waals surface area contributed by atoms with Gasteiger partial charge in [0, 0.05) is 6.07 Å². The maximum absolute atomic E-state index is 13.4. The first-order valence-electron chi connectivity index (χ1n) is 4.07. The van der Waals surface area contributed by atoms with Crippen molar-refractivity contribution in [3.8, 4) is 0 Å². The lowest BCUT2D eigenvalue weighted by molar-refractivity contribution is -0.385. The van der Waals surface area contributed by atoms with Gasteiger partial charge in [-0.2, -0.15) is 0 Å². The molecule has 0 amide bonds. The second kappa shape index (κ2) is 4.04. The van der Waals surface area contributed by atoms with E-state index in [1.54, 1.807) is 0 Å². The summed E-state index contributed by atoms with van der Waals surface area (Å²) in [6, 6.07) is 2.36. The fourth-order valence-electron chi connectivity index (χ4n) is 1.22. The molecule has 0 bridgehead atoms. The highest BCUT2D eigenvalue weighted by molar-refractivity contribution is 5.72. The molecule has 80 valence electrons. The summed E-state index contributed by atoms with van der Waals surface area (Å²) in [7, 11) is 0. The van der Waals surface area contributed by atoms with Crippen LogP contribution >= 0.6 is 0 Å². The van der Waals surface area contributed by atoms with E-state index in [2.05, 4.69) is 0 Å². The molecule has 0 saturated carbocycles. The third kappa shape index (κ3) is 2.28. The molecule has 0 atom stereocenters. The molecular formula is C9H8FNO4. The van der Waals surface area contributed by atoms with Crippen LogP contribution in [0.15, 0.2) is 12.1 Å². The molecule has 6 heteroatoms. The van der Waals surface area contributed by atoms with Crippen molar-refractivity contribution < 1.29 is 19.2 Å². The molecule has 0 heterocycles. The monoisotopic (exact) mass is 213 g/mol. The SMILES string of the molecule is Cc1ccc([N+](=O)[O-])c(CC(=O)O)c1F. The predicted octanol–water partition coefficient (Wildman–Crippen LogP) is 1.67. The molecule has 15 heavy (non-hydrogen) atoms. The zero-order valence-corrected chi connectivity index (χ0v) is 7.86. The van der Waals surface area contributed by atoms with Crippen LogP contribution in [0, 0.1) is 22.9 Å². The number of carbonyl (C=O) groups is 1. The zero-order valence-electron chi connectivity index (χ0n) is 7.86. The van der Waals surface area contributed by atoms with Crippen LogP contribution in [0.4, 0.5) is 10.1 Å². The molecular weight excluding hydrogens is 205 g/mol. The topological polar surface area (TPSA) is 80.4 Å². The smallest absolute Gasteiger partial charge is 0.308 e. The van der Waals surface area contributed by atoms with Gasteiger partial charge in [-0.3, -0.25) is 14.9 Å². The summed E-state index contributed by atoms with van der Waals surface area (Å²) >= 11 is 0. The number of benzene rings is 1. The Bertz CT molecular complexity index is 430. The van der Waals surface area contributed by atoms with E-state index in [0.29, 0.717) is 0 Å². The normalized spacial score (nSPS) is 10.0. The van der Waals surface area contributed by atoms with Gasteiger partial charge in [0.25, 0.3) is 5.69 Å². The molecule has 0 aliphatic heterocycles. The number of nitrogens with zero attached hydrogens (tertiary/aromatic N) is 1. The first-order chi connectivity index (χ1) is 6.93. The van der Waals surface area contributed by atoms with Gasteiger partial charge < -0.3 is 5.11 Å². The lowest BCUT2D eigenvalue weighted by atomic mass is 10.1. The van der Waals surface area contributed by atoms with E-state index in [1.807, 2.05) is 0 Å². The highest BCUT2D eigenvalue weighted by Crippen LogP contribution is 2.24. The van der Waals surface area contributed by atoms with Crippen LogP contribution in [0.3, 0.4) is 0 Å². The average molecular weight is 213 g/mol. The van der Waals surface area contributed by atoms with Crippen LogP contribution < -0.4 is 0 Å². The maximum Gasteiger partial charge on any atom is 0.308 e. The van der Waals surface area contributed by atoms with Crippen molar-refractivity contribution >= 4 is 11.7 Å². The molecule has 5 nitrogen and oxygen atoms in total. The average Bonchev–Trinajstić information content (AvgIpc) is 2.12.